The summed E-state index contributed by atoms with van der Waals surface area (Å²) in [4.78, 5) is 11.8. The molecule has 5 nitrogen and oxygen atoms in total. The van der Waals surface area contributed by atoms with Crippen LogP contribution in [0.5, 0.6) is 0 Å². The lowest BCUT2D eigenvalue weighted by Gasteiger charge is -2.24. The molecule has 1 saturated heterocycles. The molecule has 2 aromatic carbocycles. The van der Waals surface area contributed by atoms with Gasteiger partial charge in [-0.3, -0.25) is 4.79 Å². The molecule has 28 heavy (non-hydrogen) atoms. The van der Waals surface area contributed by atoms with Crippen molar-refractivity contribution in [1.82, 2.24) is 9.62 Å². The first-order valence-corrected chi connectivity index (χ1v) is 10.1. The van der Waals surface area contributed by atoms with E-state index in [1.807, 2.05) is 30.3 Å². The van der Waals surface area contributed by atoms with E-state index in [4.69, 9.17) is 0 Å². The number of alkyl halides is 3. The maximum atomic E-state index is 13.0. The van der Waals surface area contributed by atoms with Gasteiger partial charge in [0.1, 0.15) is 6.54 Å². The third-order valence-electron chi connectivity index (χ3n) is 4.56. The summed E-state index contributed by atoms with van der Waals surface area (Å²) < 4.78 is 64.1. The highest BCUT2D eigenvalue weighted by molar-refractivity contribution is 7.89. The lowest BCUT2D eigenvalue weighted by atomic mass is 10.1. The number of nitrogens with one attached hydrogen (secondary N) is 1. The minimum Gasteiger partial charge on any atom is -0.343 e. The van der Waals surface area contributed by atoms with Gasteiger partial charge in [0, 0.05) is 12.1 Å². The molecule has 2 aromatic rings. The molecule has 1 fully saturated rings. The van der Waals surface area contributed by atoms with Gasteiger partial charge in [0.05, 0.1) is 10.9 Å². The highest BCUT2D eigenvalue weighted by Gasteiger charge is 2.36. The summed E-state index contributed by atoms with van der Waals surface area (Å²) >= 11 is 0. The zero-order valence-corrected chi connectivity index (χ0v) is 15.6. The second-order valence-electron chi connectivity index (χ2n) is 6.51. The molecular weight excluding hydrogens is 393 g/mol. The summed E-state index contributed by atoms with van der Waals surface area (Å²) in [5.74, 6) is -0.912. The van der Waals surface area contributed by atoms with E-state index in [0.29, 0.717) is 13.0 Å². The number of amides is 1. The fraction of sp³-hybridized carbons (Fsp3) is 0.316. The topological polar surface area (TPSA) is 66.5 Å². The van der Waals surface area contributed by atoms with Crippen molar-refractivity contribution >= 4 is 15.9 Å². The highest BCUT2D eigenvalue weighted by Crippen LogP contribution is 2.36. The van der Waals surface area contributed by atoms with Gasteiger partial charge in [0.2, 0.25) is 10.0 Å². The smallest absolute Gasteiger partial charge is 0.343 e. The fourth-order valence-electron chi connectivity index (χ4n) is 3.23. The maximum Gasteiger partial charge on any atom is 0.405 e. The molecule has 1 atom stereocenters. The zero-order chi connectivity index (χ0) is 20.4. The summed E-state index contributed by atoms with van der Waals surface area (Å²) in [5.41, 5.74) is 0.871. The largest absolute Gasteiger partial charge is 0.405 e. The van der Waals surface area contributed by atoms with Crippen LogP contribution in [0.3, 0.4) is 0 Å². The van der Waals surface area contributed by atoms with Crippen LogP contribution >= 0.6 is 0 Å². The van der Waals surface area contributed by atoms with Crippen LogP contribution in [0.1, 0.15) is 34.8 Å². The Morgan fingerprint density at radius 1 is 1.07 bits per heavy atom. The van der Waals surface area contributed by atoms with Crippen molar-refractivity contribution in [3.05, 3.63) is 65.7 Å². The first-order chi connectivity index (χ1) is 13.2. The van der Waals surface area contributed by atoms with Crippen LogP contribution in [0.25, 0.3) is 0 Å². The van der Waals surface area contributed by atoms with Crippen LogP contribution in [0.15, 0.2) is 59.5 Å². The van der Waals surface area contributed by atoms with Crippen molar-refractivity contribution < 1.29 is 26.4 Å². The third-order valence-corrected chi connectivity index (χ3v) is 6.48. The molecular formula is C19H19F3N2O3S. The Morgan fingerprint density at radius 3 is 2.32 bits per heavy atom. The number of hydrogen-bond donors (Lipinski definition) is 1. The summed E-state index contributed by atoms with van der Waals surface area (Å²) in [5, 5.41) is 1.76. The average Bonchev–Trinajstić information content (AvgIpc) is 3.17. The quantitative estimate of drug-likeness (QED) is 0.818. The molecule has 1 unspecified atom stereocenters. The molecule has 150 valence electrons. The van der Waals surface area contributed by atoms with Gasteiger partial charge >= 0.3 is 6.18 Å². The number of rotatable bonds is 5. The Hall–Kier alpha value is -2.39. The predicted molar refractivity (Wildman–Crippen MR) is 97.1 cm³/mol. The first kappa shape index (κ1) is 20.3. The molecule has 9 heteroatoms. The van der Waals surface area contributed by atoms with E-state index in [2.05, 4.69) is 0 Å². The van der Waals surface area contributed by atoms with Gasteiger partial charge < -0.3 is 5.32 Å². The molecule has 1 heterocycles. The van der Waals surface area contributed by atoms with E-state index in [-0.39, 0.29) is 16.5 Å². The molecule has 0 aliphatic carbocycles. The van der Waals surface area contributed by atoms with Gasteiger partial charge in [-0.05, 0) is 42.7 Å². The van der Waals surface area contributed by atoms with E-state index in [1.54, 1.807) is 5.32 Å². The van der Waals surface area contributed by atoms with Crippen LogP contribution in [0, 0.1) is 0 Å². The van der Waals surface area contributed by atoms with Gasteiger partial charge in [-0.25, -0.2) is 8.42 Å². The minimum atomic E-state index is -4.51. The van der Waals surface area contributed by atoms with E-state index in [0.717, 1.165) is 12.0 Å². The summed E-state index contributed by atoms with van der Waals surface area (Å²) in [6.45, 7) is -1.06. The Morgan fingerprint density at radius 2 is 1.71 bits per heavy atom. The first-order valence-electron chi connectivity index (χ1n) is 8.70. The molecule has 1 aliphatic rings. The van der Waals surface area contributed by atoms with Crippen molar-refractivity contribution in [2.75, 3.05) is 13.1 Å². The number of carbonyl (C=O) groups excluding carboxylic acids is 1. The van der Waals surface area contributed by atoms with Gasteiger partial charge in [-0.2, -0.15) is 17.5 Å². The van der Waals surface area contributed by atoms with Crippen LogP contribution in [-0.2, 0) is 10.0 Å². The second kappa shape index (κ2) is 7.92. The second-order valence-corrected chi connectivity index (χ2v) is 8.40. The van der Waals surface area contributed by atoms with Crippen LogP contribution < -0.4 is 5.32 Å². The number of benzene rings is 2. The van der Waals surface area contributed by atoms with E-state index < -0.39 is 28.7 Å². The van der Waals surface area contributed by atoms with Crippen LogP contribution in [0.2, 0.25) is 0 Å². The monoisotopic (exact) mass is 412 g/mol. The number of halogens is 3. The SMILES string of the molecule is O=C(NCC(F)(F)F)c1ccc(S(=O)(=O)N2CCCC2c2ccccc2)cc1. The number of sulfonamides is 1. The summed E-state index contributed by atoms with van der Waals surface area (Å²) in [6, 6.07) is 14.0. The van der Waals surface area contributed by atoms with Crippen molar-refractivity contribution in [1.29, 1.82) is 0 Å². The average molecular weight is 412 g/mol. The summed E-state index contributed by atoms with van der Waals surface area (Å²) in [6.07, 6.45) is -3.07. The van der Waals surface area contributed by atoms with Gasteiger partial charge in [0.15, 0.2) is 0 Å². The predicted octanol–water partition coefficient (Wildman–Crippen LogP) is 3.50. The molecule has 0 aromatic heterocycles. The maximum absolute atomic E-state index is 13.0. The van der Waals surface area contributed by atoms with Gasteiger partial charge in [0.25, 0.3) is 5.91 Å². The molecule has 0 bridgehead atoms. The molecule has 0 saturated carbocycles. The Bertz CT molecular complexity index is 929. The van der Waals surface area contributed by atoms with Crippen molar-refractivity contribution in [3.63, 3.8) is 0 Å². The van der Waals surface area contributed by atoms with Gasteiger partial charge in [-0.1, -0.05) is 30.3 Å². The van der Waals surface area contributed by atoms with Crippen molar-refractivity contribution in [2.45, 2.75) is 30.0 Å². The Kier molecular flexibility index (Phi) is 5.76. The summed E-state index contributed by atoms with van der Waals surface area (Å²) in [7, 11) is -3.79. The van der Waals surface area contributed by atoms with Crippen LogP contribution in [-0.4, -0.2) is 37.9 Å². The van der Waals surface area contributed by atoms with E-state index in [1.165, 1.54) is 28.6 Å². The number of carbonyl (C=O) groups is 1. The highest BCUT2D eigenvalue weighted by atomic mass is 32.2. The lowest BCUT2D eigenvalue weighted by molar-refractivity contribution is -0.123. The molecule has 1 aliphatic heterocycles. The van der Waals surface area contributed by atoms with Crippen LogP contribution in [0.4, 0.5) is 13.2 Å². The Labute approximate surface area is 161 Å². The van der Waals surface area contributed by atoms with E-state index in [9.17, 15) is 26.4 Å². The fourth-order valence-corrected chi connectivity index (χ4v) is 4.91. The Balaban J connectivity index is 1.78. The zero-order valence-electron chi connectivity index (χ0n) is 14.8. The number of nitrogens with zero attached hydrogens (tertiary/aromatic N) is 1. The molecule has 1 amide bonds. The number of hydrogen-bond acceptors (Lipinski definition) is 3. The third kappa shape index (κ3) is 4.53. The van der Waals surface area contributed by atoms with Gasteiger partial charge in [-0.15, -0.1) is 0 Å². The molecule has 3 rings (SSSR count). The lowest BCUT2D eigenvalue weighted by Crippen LogP contribution is -2.33. The van der Waals surface area contributed by atoms with E-state index >= 15 is 0 Å². The minimum absolute atomic E-state index is 0.00250. The van der Waals surface area contributed by atoms with Crippen molar-refractivity contribution in [3.8, 4) is 0 Å². The standard InChI is InChI=1S/C19H19F3N2O3S/c20-19(21,22)13-23-18(25)15-8-10-16(11-9-15)28(26,27)24-12-4-7-17(24)14-5-2-1-3-6-14/h1-3,5-6,8-11,17H,4,7,12-13H2,(H,23,25). The molecule has 0 spiro atoms. The van der Waals surface area contributed by atoms with Crippen molar-refractivity contribution in [2.24, 2.45) is 0 Å². The molecule has 1 N–H and O–H groups in total. The normalized spacial score (nSPS) is 18.2. The molecule has 0 radical (unpaired) electrons.